The largest absolute Gasteiger partial charge is 0.379 e. The first-order chi connectivity index (χ1) is 8.69. The molecule has 0 aliphatic carbocycles. The Hall–Kier alpha value is -1.76. The van der Waals surface area contributed by atoms with E-state index in [4.69, 9.17) is 0 Å². The quantitative estimate of drug-likeness (QED) is 0.813. The molecule has 1 unspecified atom stereocenters. The molecule has 1 heteroatoms. The van der Waals surface area contributed by atoms with Crippen molar-refractivity contribution < 1.29 is 0 Å². The van der Waals surface area contributed by atoms with E-state index >= 15 is 0 Å². The molecule has 1 atom stereocenters. The number of aryl methyl sites for hydroxylation is 2. The molecule has 0 aliphatic rings. The molecule has 0 radical (unpaired) electrons. The molecular weight excluding hydrogens is 218 g/mol. The van der Waals surface area contributed by atoms with Crippen LogP contribution < -0.4 is 5.32 Å². The van der Waals surface area contributed by atoms with Gasteiger partial charge in [-0.15, -0.1) is 0 Å². The fourth-order valence-electron chi connectivity index (χ4n) is 2.11. The Bertz CT molecular complexity index is 499. The second-order valence-electron chi connectivity index (χ2n) is 4.83. The Morgan fingerprint density at radius 2 is 1.78 bits per heavy atom. The highest BCUT2D eigenvalue weighted by atomic mass is 14.9. The van der Waals surface area contributed by atoms with Gasteiger partial charge >= 0.3 is 0 Å². The van der Waals surface area contributed by atoms with Crippen molar-refractivity contribution in [2.24, 2.45) is 0 Å². The molecule has 0 aliphatic heterocycles. The molecule has 0 saturated heterocycles. The number of anilines is 1. The molecule has 0 saturated carbocycles. The third-order valence-corrected chi connectivity index (χ3v) is 3.29. The van der Waals surface area contributed by atoms with Crippen molar-refractivity contribution in [3.05, 3.63) is 65.2 Å². The number of benzene rings is 2. The van der Waals surface area contributed by atoms with Crippen molar-refractivity contribution in [3.63, 3.8) is 0 Å². The fourth-order valence-corrected chi connectivity index (χ4v) is 2.11. The fraction of sp³-hybridized carbons (Fsp3) is 0.294. The average Bonchev–Trinajstić information content (AvgIpc) is 2.39. The number of hydrogen-bond donors (Lipinski definition) is 1. The van der Waals surface area contributed by atoms with Gasteiger partial charge in [-0.25, -0.2) is 0 Å². The van der Waals surface area contributed by atoms with Gasteiger partial charge in [-0.05, 0) is 43.5 Å². The average molecular weight is 239 g/mol. The standard InChI is InChI=1S/C17H21N/c1-4-15-8-10-17(11-9-15)18-14(3)16-7-5-6-13(2)12-16/h5-12,14,18H,4H2,1-3H3. The van der Waals surface area contributed by atoms with Gasteiger partial charge in [-0.3, -0.25) is 0 Å². The van der Waals surface area contributed by atoms with Crippen LogP contribution in [0.15, 0.2) is 48.5 Å². The van der Waals surface area contributed by atoms with E-state index in [1.807, 2.05) is 0 Å². The second-order valence-corrected chi connectivity index (χ2v) is 4.83. The summed E-state index contributed by atoms with van der Waals surface area (Å²) in [5.41, 5.74) is 5.20. The summed E-state index contributed by atoms with van der Waals surface area (Å²) in [6, 6.07) is 17.7. The Kier molecular flexibility index (Phi) is 4.03. The van der Waals surface area contributed by atoms with Crippen molar-refractivity contribution in [1.82, 2.24) is 0 Å². The molecule has 0 amide bonds. The van der Waals surface area contributed by atoms with Crippen molar-refractivity contribution in [2.45, 2.75) is 33.2 Å². The van der Waals surface area contributed by atoms with Gasteiger partial charge in [0.1, 0.15) is 0 Å². The first-order valence-corrected chi connectivity index (χ1v) is 6.61. The minimum absolute atomic E-state index is 0.331. The summed E-state index contributed by atoms with van der Waals surface area (Å²) < 4.78 is 0. The minimum atomic E-state index is 0.331. The van der Waals surface area contributed by atoms with Gasteiger partial charge in [0.15, 0.2) is 0 Å². The van der Waals surface area contributed by atoms with Crippen LogP contribution >= 0.6 is 0 Å². The number of hydrogen-bond acceptors (Lipinski definition) is 1. The van der Waals surface area contributed by atoms with E-state index in [0.29, 0.717) is 6.04 Å². The topological polar surface area (TPSA) is 12.0 Å². The molecule has 0 bridgehead atoms. The van der Waals surface area contributed by atoms with Gasteiger partial charge in [0.05, 0.1) is 0 Å². The summed E-state index contributed by atoms with van der Waals surface area (Å²) in [5.74, 6) is 0. The summed E-state index contributed by atoms with van der Waals surface area (Å²) in [7, 11) is 0. The maximum absolute atomic E-state index is 3.54. The summed E-state index contributed by atoms with van der Waals surface area (Å²) in [6.07, 6.45) is 1.09. The summed E-state index contributed by atoms with van der Waals surface area (Å²) >= 11 is 0. The molecular formula is C17H21N. The van der Waals surface area contributed by atoms with Crippen LogP contribution in [0.3, 0.4) is 0 Å². The molecule has 18 heavy (non-hydrogen) atoms. The van der Waals surface area contributed by atoms with Gasteiger partial charge in [-0.2, -0.15) is 0 Å². The van der Waals surface area contributed by atoms with Crippen LogP contribution in [0, 0.1) is 6.92 Å². The molecule has 0 aromatic heterocycles. The zero-order chi connectivity index (χ0) is 13.0. The van der Waals surface area contributed by atoms with E-state index < -0.39 is 0 Å². The van der Waals surface area contributed by atoms with Crippen LogP contribution in [-0.2, 0) is 6.42 Å². The monoisotopic (exact) mass is 239 g/mol. The highest BCUT2D eigenvalue weighted by Gasteiger charge is 2.04. The summed E-state index contributed by atoms with van der Waals surface area (Å²) in [4.78, 5) is 0. The van der Waals surface area contributed by atoms with E-state index in [1.54, 1.807) is 0 Å². The van der Waals surface area contributed by atoms with Crippen molar-refractivity contribution in [3.8, 4) is 0 Å². The minimum Gasteiger partial charge on any atom is -0.379 e. The smallest absolute Gasteiger partial charge is 0.0485 e. The molecule has 2 rings (SSSR count). The van der Waals surface area contributed by atoms with Crippen LogP contribution in [0.5, 0.6) is 0 Å². The second kappa shape index (κ2) is 5.72. The van der Waals surface area contributed by atoms with Gasteiger partial charge in [-0.1, -0.05) is 48.9 Å². The maximum atomic E-state index is 3.54. The van der Waals surface area contributed by atoms with Crippen LogP contribution in [0.4, 0.5) is 5.69 Å². The summed E-state index contributed by atoms with van der Waals surface area (Å²) in [6.45, 7) is 6.51. The lowest BCUT2D eigenvalue weighted by molar-refractivity contribution is 0.882. The van der Waals surface area contributed by atoms with E-state index in [2.05, 4.69) is 74.6 Å². The van der Waals surface area contributed by atoms with Gasteiger partial charge in [0.25, 0.3) is 0 Å². The van der Waals surface area contributed by atoms with Crippen LogP contribution in [-0.4, -0.2) is 0 Å². The molecule has 0 heterocycles. The molecule has 1 N–H and O–H groups in total. The van der Waals surface area contributed by atoms with Crippen LogP contribution in [0.2, 0.25) is 0 Å². The normalized spacial score (nSPS) is 12.2. The third kappa shape index (κ3) is 3.13. The van der Waals surface area contributed by atoms with Crippen molar-refractivity contribution >= 4 is 5.69 Å². The third-order valence-electron chi connectivity index (χ3n) is 3.29. The summed E-state index contributed by atoms with van der Waals surface area (Å²) in [5, 5.41) is 3.54. The molecule has 2 aromatic carbocycles. The van der Waals surface area contributed by atoms with E-state index in [9.17, 15) is 0 Å². The van der Waals surface area contributed by atoms with E-state index in [0.717, 1.165) is 6.42 Å². The lowest BCUT2D eigenvalue weighted by Crippen LogP contribution is -2.06. The molecule has 94 valence electrons. The lowest BCUT2D eigenvalue weighted by Gasteiger charge is -2.16. The van der Waals surface area contributed by atoms with Crippen molar-refractivity contribution in [1.29, 1.82) is 0 Å². The predicted molar refractivity (Wildman–Crippen MR) is 79.0 cm³/mol. The van der Waals surface area contributed by atoms with E-state index in [-0.39, 0.29) is 0 Å². The van der Waals surface area contributed by atoms with Crippen LogP contribution in [0.1, 0.15) is 36.6 Å². The maximum Gasteiger partial charge on any atom is 0.0485 e. The predicted octanol–water partition coefficient (Wildman–Crippen LogP) is 4.73. The zero-order valence-corrected chi connectivity index (χ0v) is 11.4. The van der Waals surface area contributed by atoms with Gasteiger partial charge < -0.3 is 5.32 Å². The number of nitrogens with one attached hydrogen (secondary N) is 1. The van der Waals surface area contributed by atoms with Gasteiger partial charge in [0.2, 0.25) is 0 Å². The Balaban J connectivity index is 2.08. The molecule has 0 fully saturated rings. The first-order valence-electron chi connectivity index (χ1n) is 6.61. The SMILES string of the molecule is CCc1ccc(NC(C)c2cccc(C)c2)cc1. The molecule has 2 aromatic rings. The zero-order valence-electron chi connectivity index (χ0n) is 11.4. The Morgan fingerprint density at radius 3 is 2.39 bits per heavy atom. The van der Waals surface area contributed by atoms with E-state index in [1.165, 1.54) is 22.4 Å². The Morgan fingerprint density at radius 1 is 1.06 bits per heavy atom. The van der Waals surface area contributed by atoms with Crippen LogP contribution in [0.25, 0.3) is 0 Å². The molecule has 0 spiro atoms. The van der Waals surface area contributed by atoms with Gasteiger partial charge in [0, 0.05) is 11.7 Å². The highest BCUT2D eigenvalue weighted by molar-refractivity contribution is 5.46. The lowest BCUT2D eigenvalue weighted by atomic mass is 10.1. The first kappa shape index (κ1) is 12.7. The van der Waals surface area contributed by atoms with Crippen molar-refractivity contribution in [2.75, 3.05) is 5.32 Å². The number of rotatable bonds is 4. The highest BCUT2D eigenvalue weighted by Crippen LogP contribution is 2.20. The Labute approximate surface area is 110 Å². The molecule has 1 nitrogen and oxygen atoms in total.